The van der Waals surface area contributed by atoms with Gasteiger partial charge < -0.3 is 0 Å². The summed E-state index contributed by atoms with van der Waals surface area (Å²) in [6.07, 6.45) is 7.56. The van der Waals surface area contributed by atoms with Crippen LogP contribution in [0.3, 0.4) is 0 Å². The van der Waals surface area contributed by atoms with Crippen LogP contribution in [0.1, 0.15) is 56.2 Å². The maximum absolute atomic E-state index is 2.45. The van der Waals surface area contributed by atoms with Crippen LogP contribution in [0.25, 0.3) is 32.7 Å². The van der Waals surface area contributed by atoms with Gasteiger partial charge in [-0.25, -0.2) is 0 Å². The van der Waals surface area contributed by atoms with E-state index in [0.717, 1.165) is 12.3 Å². The standard InChI is InChI=1S/C29H30/c1-3-5-8-20(4-2)17-21-11-14-25-23(18-21)13-16-27-26-15-12-22-9-6-7-10-24(22)28(26)19-29(25)27/h6-7,9-16,18,20H,3-5,8,17,19H2,1-2H3. The lowest BCUT2D eigenvalue weighted by Gasteiger charge is -2.15. The Morgan fingerprint density at radius 3 is 2.24 bits per heavy atom. The highest BCUT2D eigenvalue weighted by atomic mass is 14.3. The van der Waals surface area contributed by atoms with Crippen LogP contribution in [0.4, 0.5) is 0 Å². The van der Waals surface area contributed by atoms with Crippen LogP contribution >= 0.6 is 0 Å². The Kier molecular flexibility index (Phi) is 4.87. The minimum atomic E-state index is 0.817. The molecule has 0 heteroatoms. The number of hydrogen-bond acceptors (Lipinski definition) is 0. The van der Waals surface area contributed by atoms with Gasteiger partial charge in [0.2, 0.25) is 0 Å². The van der Waals surface area contributed by atoms with Crippen LogP contribution < -0.4 is 0 Å². The molecule has 4 aromatic carbocycles. The Balaban J connectivity index is 1.52. The fourth-order valence-electron chi connectivity index (χ4n) is 5.25. The molecule has 0 saturated heterocycles. The van der Waals surface area contributed by atoms with Gasteiger partial charge in [0.1, 0.15) is 0 Å². The lowest BCUT2D eigenvalue weighted by atomic mass is 9.90. The molecule has 0 saturated carbocycles. The van der Waals surface area contributed by atoms with Gasteiger partial charge in [0, 0.05) is 0 Å². The van der Waals surface area contributed by atoms with E-state index in [2.05, 4.69) is 80.6 Å². The maximum Gasteiger partial charge on any atom is -0.000112 e. The topological polar surface area (TPSA) is 0 Å². The summed E-state index contributed by atoms with van der Waals surface area (Å²) >= 11 is 0. The summed E-state index contributed by atoms with van der Waals surface area (Å²) in [7, 11) is 0. The molecule has 0 N–H and O–H groups in total. The van der Waals surface area contributed by atoms with Crippen molar-refractivity contribution in [3.63, 3.8) is 0 Å². The van der Waals surface area contributed by atoms with Crippen LogP contribution in [0.2, 0.25) is 0 Å². The van der Waals surface area contributed by atoms with E-state index in [1.807, 2.05) is 0 Å². The van der Waals surface area contributed by atoms with Gasteiger partial charge in [-0.3, -0.25) is 0 Å². The van der Waals surface area contributed by atoms with Crippen LogP contribution in [0, 0.1) is 5.92 Å². The SMILES string of the molecule is CCCCC(CC)Cc1ccc2c3c(ccc2c1)-c1ccc2ccccc2c1C3. The lowest BCUT2D eigenvalue weighted by Crippen LogP contribution is -2.03. The number of benzene rings is 4. The Morgan fingerprint density at radius 2 is 1.48 bits per heavy atom. The molecule has 0 heterocycles. The molecule has 0 spiro atoms. The molecule has 1 aliphatic rings. The molecule has 0 aliphatic heterocycles. The van der Waals surface area contributed by atoms with E-state index in [1.165, 1.54) is 81.5 Å². The molecular formula is C29H30. The molecule has 29 heavy (non-hydrogen) atoms. The van der Waals surface area contributed by atoms with Crippen molar-refractivity contribution in [2.24, 2.45) is 5.92 Å². The Hall–Kier alpha value is -2.60. The molecule has 0 fully saturated rings. The highest BCUT2D eigenvalue weighted by Crippen LogP contribution is 2.43. The highest BCUT2D eigenvalue weighted by Gasteiger charge is 2.22. The number of rotatable bonds is 6. The van der Waals surface area contributed by atoms with Gasteiger partial charge in [-0.05, 0) is 68.1 Å². The van der Waals surface area contributed by atoms with Crippen LogP contribution in [-0.2, 0) is 12.8 Å². The first-order chi connectivity index (χ1) is 14.3. The fraction of sp³-hybridized carbons (Fsp3) is 0.310. The zero-order chi connectivity index (χ0) is 19.8. The first kappa shape index (κ1) is 18.4. The normalized spacial score (nSPS) is 13.6. The van der Waals surface area contributed by atoms with Gasteiger partial charge in [-0.2, -0.15) is 0 Å². The molecule has 4 aromatic rings. The van der Waals surface area contributed by atoms with Crippen LogP contribution in [0.5, 0.6) is 0 Å². The van der Waals surface area contributed by atoms with Crippen molar-refractivity contribution in [1.29, 1.82) is 0 Å². The first-order valence-corrected chi connectivity index (χ1v) is 11.3. The summed E-state index contributed by atoms with van der Waals surface area (Å²) in [5.41, 5.74) is 7.37. The Bertz CT molecular complexity index is 1180. The van der Waals surface area contributed by atoms with Crippen molar-refractivity contribution in [2.45, 2.75) is 52.4 Å². The molecule has 146 valence electrons. The molecule has 5 rings (SSSR count). The molecule has 1 aliphatic carbocycles. The van der Waals surface area contributed by atoms with Gasteiger partial charge in [-0.1, -0.05) is 106 Å². The molecule has 1 unspecified atom stereocenters. The van der Waals surface area contributed by atoms with E-state index in [0.29, 0.717) is 0 Å². The molecule has 0 amide bonds. The van der Waals surface area contributed by atoms with E-state index in [9.17, 15) is 0 Å². The second-order valence-electron chi connectivity index (χ2n) is 8.76. The van der Waals surface area contributed by atoms with Crippen molar-refractivity contribution in [2.75, 3.05) is 0 Å². The smallest absolute Gasteiger partial charge is 0.000112 e. The summed E-state index contributed by atoms with van der Waals surface area (Å²) in [6, 6.07) is 25.3. The van der Waals surface area contributed by atoms with E-state index >= 15 is 0 Å². The number of fused-ring (bicyclic) bond motifs is 7. The largest absolute Gasteiger partial charge is 0.0654 e. The third kappa shape index (κ3) is 3.25. The molecule has 0 radical (unpaired) electrons. The molecule has 0 aromatic heterocycles. The Morgan fingerprint density at radius 1 is 0.759 bits per heavy atom. The van der Waals surface area contributed by atoms with Gasteiger partial charge in [0.25, 0.3) is 0 Å². The summed E-state index contributed by atoms with van der Waals surface area (Å²) < 4.78 is 0. The van der Waals surface area contributed by atoms with E-state index in [4.69, 9.17) is 0 Å². The van der Waals surface area contributed by atoms with Gasteiger partial charge in [0.05, 0.1) is 0 Å². The summed E-state index contributed by atoms with van der Waals surface area (Å²) in [5.74, 6) is 0.817. The predicted octanol–water partition coefficient (Wildman–Crippen LogP) is 8.32. The predicted molar refractivity (Wildman–Crippen MR) is 127 cm³/mol. The van der Waals surface area contributed by atoms with E-state index in [-0.39, 0.29) is 0 Å². The monoisotopic (exact) mass is 378 g/mol. The van der Waals surface area contributed by atoms with Crippen molar-refractivity contribution in [1.82, 2.24) is 0 Å². The molecule has 0 bridgehead atoms. The van der Waals surface area contributed by atoms with Gasteiger partial charge in [0.15, 0.2) is 0 Å². The van der Waals surface area contributed by atoms with Crippen LogP contribution in [0.15, 0.2) is 66.7 Å². The van der Waals surface area contributed by atoms with Crippen molar-refractivity contribution in [3.05, 3.63) is 83.4 Å². The first-order valence-electron chi connectivity index (χ1n) is 11.3. The summed E-state index contributed by atoms with van der Waals surface area (Å²) in [5, 5.41) is 5.60. The third-order valence-electron chi connectivity index (χ3n) is 6.95. The van der Waals surface area contributed by atoms with E-state index < -0.39 is 0 Å². The van der Waals surface area contributed by atoms with Crippen molar-refractivity contribution < 1.29 is 0 Å². The summed E-state index contributed by atoms with van der Waals surface area (Å²) in [6.45, 7) is 4.64. The summed E-state index contributed by atoms with van der Waals surface area (Å²) in [4.78, 5) is 0. The maximum atomic E-state index is 2.45. The third-order valence-corrected chi connectivity index (χ3v) is 6.95. The molecular weight excluding hydrogens is 348 g/mol. The second-order valence-corrected chi connectivity index (χ2v) is 8.76. The highest BCUT2D eigenvalue weighted by molar-refractivity contribution is 6.00. The van der Waals surface area contributed by atoms with Crippen molar-refractivity contribution in [3.8, 4) is 11.1 Å². The zero-order valence-corrected chi connectivity index (χ0v) is 17.7. The molecule has 1 atom stereocenters. The Labute approximate surface area is 174 Å². The minimum Gasteiger partial charge on any atom is -0.0654 e. The van der Waals surface area contributed by atoms with E-state index in [1.54, 1.807) is 0 Å². The zero-order valence-electron chi connectivity index (χ0n) is 17.7. The number of unbranched alkanes of at least 4 members (excludes halogenated alkanes) is 1. The average molecular weight is 379 g/mol. The van der Waals surface area contributed by atoms with Gasteiger partial charge in [-0.15, -0.1) is 0 Å². The molecule has 0 nitrogen and oxygen atoms in total. The quantitative estimate of drug-likeness (QED) is 0.278. The lowest BCUT2D eigenvalue weighted by molar-refractivity contribution is 0.449. The van der Waals surface area contributed by atoms with Crippen LogP contribution in [-0.4, -0.2) is 0 Å². The van der Waals surface area contributed by atoms with Crippen molar-refractivity contribution >= 4 is 21.5 Å². The number of hydrogen-bond donors (Lipinski definition) is 0. The minimum absolute atomic E-state index is 0.817. The fourth-order valence-corrected chi connectivity index (χ4v) is 5.25. The average Bonchev–Trinajstić information content (AvgIpc) is 3.16. The van der Waals surface area contributed by atoms with Gasteiger partial charge >= 0.3 is 0 Å². The second kappa shape index (κ2) is 7.67.